The second-order valence-electron chi connectivity index (χ2n) is 13.8. The number of methoxy groups -OCH3 is 1. The van der Waals surface area contributed by atoms with Gasteiger partial charge >= 0.3 is 12.2 Å². The van der Waals surface area contributed by atoms with Crippen LogP contribution in [0.15, 0.2) is 24.3 Å². The van der Waals surface area contributed by atoms with E-state index >= 15 is 0 Å². The maximum Gasteiger partial charge on any atom is 0.410 e. The molecule has 4 aliphatic rings. The molecular weight excluding hydrogens is 523 g/mol. The summed E-state index contributed by atoms with van der Waals surface area (Å²) in [6.45, 7) is 13.2. The summed E-state index contributed by atoms with van der Waals surface area (Å²) in [5.41, 5.74) is 0.359. The van der Waals surface area contributed by atoms with Crippen LogP contribution in [0.25, 0.3) is 0 Å². The van der Waals surface area contributed by atoms with E-state index in [4.69, 9.17) is 9.47 Å². The van der Waals surface area contributed by atoms with Gasteiger partial charge in [0, 0.05) is 43.6 Å². The minimum Gasteiger partial charge on any atom is -0.453 e. The third-order valence-corrected chi connectivity index (χ3v) is 9.90. The summed E-state index contributed by atoms with van der Waals surface area (Å²) in [4.78, 5) is 31.6. The Morgan fingerprint density at radius 1 is 1.00 bits per heavy atom. The number of hydrogen-bond acceptors (Lipinski definition) is 6. The van der Waals surface area contributed by atoms with Crippen LogP contribution in [0.2, 0.25) is 0 Å². The largest absolute Gasteiger partial charge is 0.453 e. The van der Waals surface area contributed by atoms with Crippen LogP contribution in [-0.4, -0.2) is 98.0 Å². The van der Waals surface area contributed by atoms with E-state index in [1.165, 1.54) is 13.5 Å². The summed E-state index contributed by atoms with van der Waals surface area (Å²) in [5.74, 6) is 0.875. The highest BCUT2D eigenvalue weighted by Crippen LogP contribution is 2.51. The number of ether oxygens (including phenoxy) is 2. The normalized spacial score (nSPS) is 26.1. The van der Waals surface area contributed by atoms with Crippen molar-refractivity contribution >= 4 is 12.2 Å². The summed E-state index contributed by atoms with van der Waals surface area (Å²) < 4.78 is 25.4. The fraction of sp³-hybridized carbons (Fsp3) is 0.750. The Hall–Kier alpha value is -2.39. The van der Waals surface area contributed by atoms with Crippen molar-refractivity contribution in [3.8, 4) is 0 Å². The number of nitrogens with zero attached hydrogens (tertiary/aromatic N) is 3. The number of piperidine rings is 1. The molecule has 41 heavy (non-hydrogen) atoms. The zero-order valence-electron chi connectivity index (χ0n) is 25.4. The zero-order chi connectivity index (χ0) is 29.2. The molecular formula is C32H49FN4O4. The molecule has 4 fully saturated rings. The van der Waals surface area contributed by atoms with Gasteiger partial charge in [-0.25, -0.2) is 14.0 Å². The van der Waals surface area contributed by atoms with E-state index in [9.17, 15) is 14.0 Å². The smallest absolute Gasteiger partial charge is 0.410 e. The van der Waals surface area contributed by atoms with Crippen molar-refractivity contribution in [2.24, 2.45) is 17.8 Å². The quantitative estimate of drug-likeness (QED) is 0.479. The Kier molecular flexibility index (Phi) is 9.14. The number of halogens is 1. The number of amides is 2. The minimum absolute atomic E-state index is 0.0128. The van der Waals surface area contributed by atoms with Crippen LogP contribution in [0.5, 0.6) is 0 Å². The lowest BCUT2D eigenvalue weighted by molar-refractivity contribution is -0.0128. The summed E-state index contributed by atoms with van der Waals surface area (Å²) in [5, 5.41) is 3.17. The molecule has 3 aliphatic heterocycles. The molecule has 0 radical (unpaired) electrons. The molecule has 0 unspecified atom stereocenters. The molecule has 1 aromatic carbocycles. The Labute approximate surface area is 244 Å². The molecule has 8 nitrogen and oxygen atoms in total. The van der Waals surface area contributed by atoms with Crippen LogP contribution in [0.1, 0.15) is 64.9 Å². The number of carbonyl (C=O) groups is 2. The number of hydrogen-bond donors (Lipinski definition) is 1. The fourth-order valence-electron chi connectivity index (χ4n) is 7.89. The third kappa shape index (κ3) is 6.82. The van der Waals surface area contributed by atoms with Crippen LogP contribution in [0, 0.1) is 23.6 Å². The number of alkyl carbamates (subject to hydrolysis) is 1. The predicted molar refractivity (Wildman–Crippen MR) is 156 cm³/mol. The minimum atomic E-state index is -0.473. The maximum absolute atomic E-state index is 14.8. The molecule has 5 rings (SSSR count). The topological polar surface area (TPSA) is 74.4 Å². The molecule has 2 amide bonds. The van der Waals surface area contributed by atoms with Crippen LogP contribution < -0.4 is 5.32 Å². The molecule has 1 N–H and O–H groups in total. The second kappa shape index (κ2) is 12.5. The predicted octanol–water partition coefficient (Wildman–Crippen LogP) is 4.87. The molecule has 0 bridgehead atoms. The molecule has 1 aliphatic carbocycles. The fourth-order valence-corrected chi connectivity index (χ4v) is 7.89. The molecule has 3 saturated heterocycles. The van der Waals surface area contributed by atoms with Crippen molar-refractivity contribution in [3.63, 3.8) is 0 Å². The number of carbonyl (C=O) groups excluding carboxylic acids is 2. The van der Waals surface area contributed by atoms with Gasteiger partial charge in [-0.2, -0.15) is 0 Å². The van der Waals surface area contributed by atoms with Crippen molar-refractivity contribution in [1.82, 2.24) is 20.0 Å². The van der Waals surface area contributed by atoms with Crippen molar-refractivity contribution in [1.29, 1.82) is 0 Å². The first-order chi connectivity index (χ1) is 19.6. The number of nitrogens with one attached hydrogen (secondary N) is 1. The molecule has 1 saturated carbocycles. The summed E-state index contributed by atoms with van der Waals surface area (Å²) in [6, 6.07) is 7.30. The summed E-state index contributed by atoms with van der Waals surface area (Å²) >= 11 is 0. The second-order valence-corrected chi connectivity index (χ2v) is 13.8. The highest BCUT2D eigenvalue weighted by molar-refractivity contribution is 5.69. The molecule has 0 spiro atoms. The first-order valence-corrected chi connectivity index (χ1v) is 15.6. The van der Waals surface area contributed by atoms with Crippen molar-refractivity contribution in [3.05, 3.63) is 35.6 Å². The molecule has 3 atom stereocenters. The van der Waals surface area contributed by atoms with E-state index in [2.05, 4.69) is 21.2 Å². The average Bonchev–Trinajstić information content (AvgIpc) is 3.33. The highest BCUT2D eigenvalue weighted by atomic mass is 19.1. The van der Waals surface area contributed by atoms with Gasteiger partial charge in [-0.3, -0.25) is 0 Å². The maximum atomic E-state index is 14.8. The van der Waals surface area contributed by atoms with Crippen molar-refractivity contribution < 1.29 is 23.5 Å². The number of benzene rings is 1. The molecule has 1 aromatic rings. The lowest BCUT2D eigenvalue weighted by Crippen LogP contribution is -2.60. The summed E-state index contributed by atoms with van der Waals surface area (Å²) in [6.07, 6.45) is 5.66. The molecule has 0 aromatic heterocycles. The molecule has 228 valence electrons. The lowest BCUT2D eigenvalue weighted by Gasteiger charge is -2.54. The number of likely N-dealkylation sites (tertiary alicyclic amines) is 3. The van der Waals surface area contributed by atoms with Gasteiger partial charge in [0.1, 0.15) is 11.4 Å². The summed E-state index contributed by atoms with van der Waals surface area (Å²) in [7, 11) is 1.42. The number of rotatable bonds is 8. The zero-order valence-corrected chi connectivity index (χ0v) is 25.4. The van der Waals surface area contributed by atoms with Gasteiger partial charge in [-0.1, -0.05) is 18.6 Å². The Morgan fingerprint density at radius 2 is 1.73 bits per heavy atom. The van der Waals surface area contributed by atoms with Crippen molar-refractivity contribution in [2.75, 3.05) is 59.5 Å². The van der Waals surface area contributed by atoms with Gasteiger partial charge < -0.3 is 29.5 Å². The monoisotopic (exact) mass is 572 g/mol. The van der Waals surface area contributed by atoms with E-state index in [1.54, 1.807) is 17.0 Å². The first-order valence-electron chi connectivity index (χ1n) is 15.6. The van der Waals surface area contributed by atoms with Crippen LogP contribution >= 0.6 is 0 Å². The lowest BCUT2D eigenvalue weighted by atomic mass is 9.57. The van der Waals surface area contributed by atoms with Gasteiger partial charge in [0.2, 0.25) is 0 Å². The van der Waals surface area contributed by atoms with Crippen molar-refractivity contribution in [2.45, 2.75) is 76.4 Å². The first kappa shape index (κ1) is 30.1. The van der Waals surface area contributed by atoms with E-state index < -0.39 is 5.60 Å². The van der Waals surface area contributed by atoms with E-state index in [0.29, 0.717) is 11.8 Å². The van der Waals surface area contributed by atoms with Gasteiger partial charge in [-0.05, 0) is 109 Å². The standard InChI is InChI=1S/C32H49FN4O4/c1-31(2,3)41-30(39)37-20-23(21-37)19-35-16-12-24(13-17-35)32(22-36-14-7-15-36,25-8-5-9-26(33)18-25)27-10-6-11-28(27)34-29(38)40-4/h5,8-9,18,23-24,27-28H,6-7,10-17,19-22H2,1-4H3,(H,34,38)/t27-,28-,32-/m0/s1. The average molecular weight is 573 g/mol. The Balaban J connectivity index is 1.31. The molecule has 3 heterocycles. The Morgan fingerprint density at radius 3 is 2.34 bits per heavy atom. The van der Waals surface area contributed by atoms with Crippen LogP contribution in [-0.2, 0) is 14.9 Å². The van der Waals surface area contributed by atoms with Gasteiger partial charge in [0.15, 0.2) is 0 Å². The van der Waals surface area contributed by atoms with Gasteiger partial charge in [-0.15, -0.1) is 0 Å². The third-order valence-electron chi connectivity index (χ3n) is 9.90. The van der Waals surface area contributed by atoms with E-state index in [1.807, 2.05) is 26.8 Å². The Bertz CT molecular complexity index is 1060. The van der Waals surface area contributed by atoms with Crippen LogP contribution in [0.4, 0.5) is 14.0 Å². The SMILES string of the molecule is COC(=O)N[C@H]1CCC[C@@H]1[C@](CN1CCC1)(c1cccc(F)c1)C1CCN(CC2CN(C(=O)OC(C)(C)C)C2)CC1. The molecule has 9 heteroatoms. The van der Waals surface area contributed by atoms with Gasteiger partial charge in [0.25, 0.3) is 0 Å². The van der Waals surface area contributed by atoms with Gasteiger partial charge in [0.05, 0.1) is 7.11 Å². The van der Waals surface area contributed by atoms with E-state index in [0.717, 1.165) is 90.0 Å². The van der Waals surface area contributed by atoms with Crippen LogP contribution in [0.3, 0.4) is 0 Å². The van der Waals surface area contributed by atoms with E-state index in [-0.39, 0.29) is 35.4 Å². The highest BCUT2D eigenvalue weighted by Gasteiger charge is 2.53.